The van der Waals surface area contributed by atoms with Crippen molar-refractivity contribution >= 4 is 5.78 Å². The molecule has 1 saturated heterocycles. The van der Waals surface area contributed by atoms with E-state index in [4.69, 9.17) is 4.74 Å². The number of hydrogen-bond acceptors (Lipinski definition) is 2. The van der Waals surface area contributed by atoms with Crippen molar-refractivity contribution in [3.8, 4) is 0 Å². The van der Waals surface area contributed by atoms with Crippen molar-refractivity contribution in [2.75, 3.05) is 6.61 Å². The topological polar surface area (TPSA) is 26.3 Å². The van der Waals surface area contributed by atoms with Crippen LogP contribution in [0.15, 0.2) is 0 Å². The highest BCUT2D eigenvalue weighted by atomic mass is 16.5. The van der Waals surface area contributed by atoms with Crippen LogP contribution in [0.25, 0.3) is 0 Å². The molecule has 1 aliphatic heterocycles. The Balaban J connectivity index is 2.51. The molecule has 0 amide bonds. The molecule has 0 spiro atoms. The van der Waals surface area contributed by atoms with Gasteiger partial charge in [-0.05, 0) is 18.8 Å². The summed E-state index contributed by atoms with van der Waals surface area (Å²) in [5.74, 6) is 1.36. The van der Waals surface area contributed by atoms with Crippen LogP contribution in [0, 0.1) is 17.8 Å². The van der Waals surface area contributed by atoms with Gasteiger partial charge in [0, 0.05) is 18.4 Å². The van der Waals surface area contributed by atoms with E-state index in [1.165, 1.54) is 0 Å². The fourth-order valence-corrected chi connectivity index (χ4v) is 2.02. The zero-order valence-corrected chi connectivity index (χ0v) is 9.75. The minimum absolute atomic E-state index is 0.172. The van der Waals surface area contributed by atoms with Crippen LogP contribution < -0.4 is 0 Å². The largest absolute Gasteiger partial charge is 0.378 e. The third-order valence-electron chi connectivity index (χ3n) is 3.03. The van der Waals surface area contributed by atoms with Gasteiger partial charge in [0.25, 0.3) is 0 Å². The molecule has 2 unspecified atom stereocenters. The van der Waals surface area contributed by atoms with Gasteiger partial charge in [0.1, 0.15) is 5.78 Å². The van der Waals surface area contributed by atoms with Crippen LogP contribution in [0.5, 0.6) is 0 Å². The van der Waals surface area contributed by atoms with Gasteiger partial charge in [-0.25, -0.2) is 0 Å². The summed E-state index contributed by atoms with van der Waals surface area (Å²) in [6.45, 7) is 9.05. The lowest BCUT2D eigenvalue weighted by Crippen LogP contribution is -2.34. The summed E-state index contributed by atoms with van der Waals surface area (Å²) in [7, 11) is 0. The number of ether oxygens (including phenoxy) is 1. The summed E-state index contributed by atoms with van der Waals surface area (Å²) in [4.78, 5) is 11.8. The summed E-state index contributed by atoms with van der Waals surface area (Å²) in [5.41, 5.74) is 0. The zero-order chi connectivity index (χ0) is 10.7. The van der Waals surface area contributed by atoms with Gasteiger partial charge >= 0.3 is 0 Å². The van der Waals surface area contributed by atoms with Crippen molar-refractivity contribution in [1.29, 1.82) is 0 Å². The quantitative estimate of drug-likeness (QED) is 0.697. The molecule has 1 fully saturated rings. The van der Waals surface area contributed by atoms with Crippen molar-refractivity contribution in [2.45, 2.75) is 46.6 Å². The van der Waals surface area contributed by atoms with Gasteiger partial charge in [0.05, 0.1) is 6.10 Å². The Labute approximate surface area is 87.0 Å². The molecule has 14 heavy (non-hydrogen) atoms. The Hall–Kier alpha value is -0.370. The van der Waals surface area contributed by atoms with Crippen LogP contribution in [-0.2, 0) is 9.53 Å². The van der Waals surface area contributed by atoms with Crippen molar-refractivity contribution < 1.29 is 9.53 Å². The molecule has 2 atom stereocenters. The van der Waals surface area contributed by atoms with E-state index in [0.29, 0.717) is 11.7 Å². The second kappa shape index (κ2) is 4.92. The van der Waals surface area contributed by atoms with Gasteiger partial charge < -0.3 is 4.74 Å². The molecule has 0 saturated carbocycles. The van der Waals surface area contributed by atoms with Crippen molar-refractivity contribution in [2.24, 2.45) is 17.8 Å². The number of carbonyl (C=O) groups excluding carboxylic acids is 1. The number of Topliss-reactive ketones (excluding diaryl/α,β-unsaturated/α-hetero) is 1. The van der Waals surface area contributed by atoms with Crippen LogP contribution in [0.1, 0.15) is 40.5 Å². The Morgan fingerprint density at radius 2 is 1.93 bits per heavy atom. The predicted octanol–water partition coefficient (Wildman–Crippen LogP) is 2.66. The van der Waals surface area contributed by atoms with Crippen molar-refractivity contribution in [3.05, 3.63) is 0 Å². The molecule has 82 valence electrons. The summed E-state index contributed by atoms with van der Waals surface area (Å²) in [5, 5.41) is 0. The predicted molar refractivity (Wildman–Crippen MR) is 57.1 cm³/mol. The molecule has 0 aromatic rings. The van der Waals surface area contributed by atoms with E-state index in [2.05, 4.69) is 13.8 Å². The molecule has 0 aromatic carbocycles. The SMILES string of the molecule is CC(C)C(=O)C1CCOC(C(C)C)C1. The lowest BCUT2D eigenvalue weighted by Gasteiger charge is -2.31. The van der Waals surface area contributed by atoms with E-state index in [0.717, 1.165) is 19.4 Å². The van der Waals surface area contributed by atoms with Crippen LogP contribution >= 0.6 is 0 Å². The van der Waals surface area contributed by atoms with E-state index in [-0.39, 0.29) is 17.9 Å². The first kappa shape index (κ1) is 11.7. The maximum absolute atomic E-state index is 11.8. The lowest BCUT2D eigenvalue weighted by atomic mass is 9.84. The first-order chi connectivity index (χ1) is 6.52. The van der Waals surface area contributed by atoms with Crippen LogP contribution in [0.4, 0.5) is 0 Å². The van der Waals surface area contributed by atoms with E-state index in [1.54, 1.807) is 0 Å². The molecule has 0 bridgehead atoms. The van der Waals surface area contributed by atoms with Crippen LogP contribution in [0.2, 0.25) is 0 Å². The summed E-state index contributed by atoms with van der Waals surface area (Å²) in [6, 6.07) is 0. The molecule has 0 N–H and O–H groups in total. The summed E-state index contributed by atoms with van der Waals surface area (Å²) in [6.07, 6.45) is 2.13. The van der Waals surface area contributed by atoms with Gasteiger partial charge in [-0.3, -0.25) is 4.79 Å². The summed E-state index contributed by atoms with van der Waals surface area (Å²) >= 11 is 0. The highest BCUT2D eigenvalue weighted by Gasteiger charge is 2.30. The van der Waals surface area contributed by atoms with E-state index in [9.17, 15) is 4.79 Å². The van der Waals surface area contributed by atoms with Crippen LogP contribution in [-0.4, -0.2) is 18.5 Å². The zero-order valence-electron chi connectivity index (χ0n) is 9.75. The lowest BCUT2D eigenvalue weighted by molar-refractivity contribution is -0.132. The maximum atomic E-state index is 11.8. The number of hydrogen-bond donors (Lipinski definition) is 0. The highest BCUT2D eigenvalue weighted by molar-refractivity contribution is 5.82. The standard InChI is InChI=1S/C12H22O2/c1-8(2)11-7-10(5-6-14-11)12(13)9(3)4/h8-11H,5-7H2,1-4H3. The molecule has 1 aliphatic rings. The maximum Gasteiger partial charge on any atom is 0.138 e. The molecule has 0 aromatic heterocycles. The molecule has 1 rings (SSSR count). The first-order valence-corrected chi connectivity index (χ1v) is 5.67. The van der Waals surface area contributed by atoms with E-state index in [1.807, 2.05) is 13.8 Å². The Bertz CT molecular complexity index is 196. The minimum atomic E-state index is 0.172. The number of carbonyl (C=O) groups is 1. The molecule has 1 heterocycles. The van der Waals surface area contributed by atoms with Gasteiger partial charge in [-0.1, -0.05) is 27.7 Å². The minimum Gasteiger partial charge on any atom is -0.378 e. The average Bonchev–Trinajstić information content (AvgIpc) is 2.16. The smallest absolute Gasteiger partial charge is 0.138 e. The van der Waals surface area contributed by atoms with Crippen molar-refractivity contribution in [3.63, 3.8) is 0 Å². The highest BCUT2D eigenvalue weighted by Crippen LogP contribution is 2.27. The average molecular weight is 198 g/mol. The van der Waals surface area contributed by atoms with Crippen molar-refractivity contribution in [1.82, 2.24) is 0 Å². The Morgan fingerprint density at radius 3 is 2.43 bits per heavy atom. The van der Waals surface area contributed by atoms with Gasteiger partial charge in [0.2, 0.25) is 0 Å². The van der Waals surface area contributed by atoms with Gasteiger partial charge in [0.15, 0.2) is 0 Å². The number of ketones is 1. The third kappa shape index (κ3) is 2.81. The molecule has 2 heteroatoms. The Morgan fingerprint density at radius 1 is 1.29 bits per heavy atom. The van der Waals surface area contributed by atoms with Crippen LogP contribution in [0.3, 0.4) is 0 Å². The second-order valence-electron chi connectivity index (χ2n) is 4.93. The summed E-state index contributed by atoms with van der Waals surface area (Å²) < 4.78 is 5.65. The Kier molecular flexibility index (Phi) is 4.11. The third-order valence-corrected chi connectivity index (χ3v) is 3.03. The fraction of sp³-hybridized carbons (Fsp3) is 0.917. The fourth-order valence-electron chi connectivity index (χ4n) is 2.02. The first-order valence-electron chi connectivity index (χ1n) is 5.67. The normalized spacial score (nSPS) is 28.4. The van der Waals surface area contributed by atoms with Gasteiger partial charge in [-0.15, -0.1) is 0 Å². The monoisotopic (exact) mass is 198 g/mol. The number of rotatable bonds is 3. The van der Waals surface area contributed by atoms with E-state index < -0.39 is 0 Å². The van der Waals surface area contributed by atoms with E-state index >= 15 is 0 Å². The second-order valence-corrected chi connectivity index (χ2v) is 4.93. The molecule has 0 aliphatic carbocycles. The molecule has 2 nitrogen and oxygen atoms in total. The molecular weight excluding hydrogens is 176 g/mol. The molecule has 0 radical (unpaired) electrons. The van der Waals surface area contributed by atoms with Gasteiger partial charge in [-0.2, -0.15) is 0 Å². The molecular formula is C12H22O2.